The maximum atomic E-state index is 13.4. The Kier molecular flexibility index (Phi) is 5.09. The van der Waals surface area contributed by atoms with Crippen LogP contribution in [-0.4, -0.2) is 8.42 Å². The fraction of sp³-hybridized carbons (Fsp3) is 0.357. The summed E-state index contributed by atoms with van der Waals surface area (Å²) in [7, 11) is -3.75. The summed E-state index contributed by atoms with van der Waals surface area (Å²) in [6.45, 7) is 10.6. The Labute approximate surface area is 196 Å². The Balaban J connectivity index is 1.69. The number of sulfonamides is 1. The fourth-order valence-corrected chi connectivity index (χ4v) is 6.52. The van der Waals surface area contributed by atoms with Gasteiger partial charge in [-0.15, -0.1) is 0 Å². The Hall–Kier alpha value is -2.79. The number of hydrogen-bond donors (Lipinski definition) is 1. The van der Waals surface area contributed by atoms with Crippen molar-refractivity contribution in [3.8, 4) is 0 Å². The van der Waals surface area contributed by atoms with E-state index in [4.69, 9.17) is 4.42 Å². The molecule has 1 unspecified atom stereocenters. The van der Waals surface area contributed by atoms with Crippen LogP contribution in [0.2, 0.25) is 0 Å². The van der Waals surface area contributed by atoms with Gasteiger partial charge in [-0.3, -0.25) is 4.72 Å². The van der Waals surface area contributed by atoms with E-state index in [0.29, 0.717) is 16.5 Å². The Morgan fingerprint density at radius 2 is 1.70 bits per heavy atom. The van der Waals surface area contributed by atoms with Crippen LogP contribution in [0.25, 0.3) is 21.7 Å². The van der Waals surface area contributed by atoms with E-state index in [9.17, 15) is 8.42 Å². The minimum atomic E-state index is -3.75. The first-order chi connectivity index (χ1) is 15.5. The molecular weight excluding hydrogens is 430 g/mol. The molecule has 33 heavy (non-hydrogen) atoms. The normalized spacial score (nSPS) is 16.8. The zero-order valence-corrected chi connectivity index (χ0v) is 20.8. The number of furan rings is 1. The average Bonchev–Trinajstić information content (AvgIpc) is 3.13. The molecule has 0 saturated heterocycles. The Morgan fingerprint density at radius 1 is 0.970 bits per heavy atom. The monoisotopic (exact) mass is 461 g/mol. The topological polar surface area (TPSA) is 59.3 Å². The molecule has 1 heterocycles. The quantitative estimate of drug-likeness (QED) is 0.352. The highest BCUT2D eigenvalue weighted by Gasteiger charge is 2.32. The number of nitrogens with one attached hydrogen (secondary N) is 1. The van der Waals surface area contributed by atoms with Crippen LogP contribution in [0.3, 0.4) is 0 Å². The average molecular weight is 462 g/mol. The van der Waals surface area contributed by atoms with Crippen molar-refractivity contribution in [3.05, 3.63) is 71.0 Å². The lowest BCUT2D eigenvalue weighted by molar-refractivity contribution is 0.210. The van der Waals surface area contributed by atoms with Gasteiger partial charge in [-0.1, -0.05) is 57.2 Å². The molecule has 0 fully saturated rings. The first-order valence-corrected chi connectivity index (χ1v) is 13.1. The van der Waals surface area contributed by atoms with Gasteiger partial charge >= 0.3 is 0 Å². The lowest BCUT2D eigenvalue weighted by Gasteiger charge is -2.33. The molecule has 1 aliphatic carbocycles. The van der Waals surface area contributed by atoms with E-state index >= 15 is 0 Å². The van der Waals surface area contributed by atoms with Gasteiger partial charge in [-0.2, -0.15) is 0 Å². The van der Waals surface area contributed by atoms with Gasteiger partial charge in [-0.05, 0) is 61.3 Å². The summed E-state index contributed by atoms with van der Waals surface area (Å²) in [4.78, 5) is 0.314. The van der Waals surface area contributed by atoms with E-state index in [-0.39, 0.29) is 5.41 Å². The maximum Gasteiger partial charge on any atom is 0.262 e. The first kappa shape index (κ1) is 22.0. The van der Waals surface area contributed by atoms with Gasteiger partial charge in [-0.25, -0.2) is 8.42 Å². The summed E-state index contributed by atoms with van der Waals surface area (Å²) >= 11 is 0. The van der Waals surface area contributed by atoms with Crippen LogP contribution in [0.15, 0.2) is 57.8 Å². The van der Waals surface area contributed by atoms with Gasteiger partial charge in [0.1, 0.15) is 11.3 Å². The molecule has 0 bridgehead atoms. The summed E-state index contributed by atoms with van der Waals surface area (Å²) in [5.74, 6) is 1.61. The van der Waals surface area contributed by atoms with Crippen molar-refractivity contribution < 1.29 is 12.8 Å². The lowest BCUT2D eigenvalue weighted by Crippen LogP contribution is -2.26. The molecule has 0 saturated carbocycles. The second-order valence-corrected chi connectivity index (χ2v) is 12.2. The third-order valence-corrected chi connectivity index (χ3v) is 8.66. The smallest absolute Gasteiger partial charge is 0.262 e. The number of hydrogen-bond acceptors (Lipinski definition) is 3. The van der Waals surface area contributed by atoms with Crippen LogP contribution in [0.5, 0.6) is 0 Å². The first-order valence-electron chi connectivity index (χ1n) is 11.6. The van der Waals surface area contributed by atoms with E-state index in [2.05, 4.69) is 25.5 Å². The van der Waals surface area contributed by atoms with Gasteiger partial charge in [0.25, 0.3) is 10.0 Å². The third kappa shape index (κ3) is 3.82. The predicted octanol–water partition coefficient (Wildman–Crippen LogP) is 7.15. The largest absolute Gasteiger partial charge is 0.460 e. The number of benzene rings is 3. The summed E-state index contributed by atoms with van der Waals surface area (Å²) in [5, 5.41) is 2.81. The Bertz CT molecular complexity index is 1490. The highest BCUT2D eigenvalue weighted by molar-refractivity contribution is 7.92. The van der Waals surface area contributed by atoms with E-state index in [0.717, 1.165) is 57.9 Å². The van der Waals surface area contributed by atoms with Crippen molar-refractivity contribution in [1.82, 2.24) is 0 Å². The molecule has 1 aromatic heterocycles. The van der Waals surface area contributed by atoms with Crippen molar-refractivity contribution in [2.75, 3.05) is 4.72 Å². The van der Waals surface area contributed by atoms with Crippen LogP contribution in [0, 0.1) is 25.2 Å². The SMILES string of the molecule is Cc1ccc(C)c(S(=O)(=O)Nc2cc3c4c(oc3c3ccccc23)CCC(C(C)(C)C)C4)c1. The molecule has 5 rings (SSSR count). The molecule has 4 aromatic rings. The number of anilines is 1. The van der Waals surface area contributed by atoms with Crippen molar-refractivity contribution >= 4 is 37.5 Å². The maximum absolute atomic E-state index is 13.4. The highest BCUT2D eigenvalue weighted by atomic mass is 32.2. The van der Waals surface area contributed by atoms with E-state index < -0.39 is 10.0 Å². The van der Waals surface area contributed by atoms with Gasteiger partial charge in [0.2, 0.25) is 0 Å². The molecule has 4 nitrogen and oxygen atoms in total. The number of fused-ring (bicyclic) bond motifs is 5. The minimum absolute atomic E-state index is 0.214. The van der Waals surface area contributed by atoms with Crippen LogP contribution >= 0.6 is 0 Å². The van der Waals surface area contributed by atoms with Crippen molar-refractivity contribution in [3.63, 3.8) is 0 Å². The van der Waals surface area contributed by atoms with Gasteiger partial charge < -0.3 is 4.42 Å². The third-order valence-electron chi connectivity index (χ3n) is 7.15. The number of aryl methyl sites for hydroxylation is 3. The van der Waals surface area contributed by atoms with Gasteiger partial charge in [0.15, 0.2) is 0 Å². The summed E-state index contributed by atoms with van der Waals surface area (Å²) < 4.78 is 36.2. The molecule has 0 radical (unpaired) electrons. The number of rotatable bonds is 3. The molecule has 5 heteroatoms. The molecule has 172 valence electrons. The van der Waals surface area contributed by atoms with Crippen LogP contribution in [0.1, 0.15) is 49.6 Å². The van der Waals surface area contributed by atoms with Crippen LogP contribution < -0.4 is 4.72 Å². The fourth-order valence-electron chi connectivity index (χ4n) is 5.12. The standard InChI is InChI=1S/C28H31NO3S/c1-17-10-11-18(2)26(14-17)33(30,31)29-24-16-23-22-15-19(28(3,4)5)12-13-25(22)32-27(23)21-9-7-6-8-20(21)24/h6-11,14,16,19,29H,12-13,15H2,1-5H3. The molecule has 0 aliphatic heterocycles. The van der Waals surface area contributed by atoms with Gasteiger partial charge in [0.05, 0.1) is 10.6 Å². The molecule has 0 amide bonds. The minimum Gasteiger partial charge on any atom is -0.460 e. The molecule has 1 atom stereocenters. The van der Waals surface area contributed by atoms with Crippen LogP contribution in [0.4, 0.5) is 5.69 Å². The summed E-state index contributed by atoms with van der Waals surface area (Å²) in [6, 6.07) is 15.4. The second-order valence-electron chi connectivity index (χ2n) is 10.5. The molecule has 3 aromatic carbocycles. The molecule has 1 N–H and O–H groups in total. The second kappa shape index (κ2) is 7.63. The Morgan fingerprint density at radius 3 is 2.42 bits per heavy atom. The lowest BCUT2D eigenvalue weighted by atomic mass is 9.71. The summed E-state index contributed by atoms with van der Waals surface area (Å²) in [5.41, 5.74) is 4.55. The van der Waals surface area contributed by atoms with Crippen molar-refractivity contribution in [2.45, 2.75) is 58.8 Å². The van der Waals surface area contributed by atoms with E-state index in [1.54, 1.807) is 6.07 Å². The highest BCUT2D eigenvalue weighted by Crippen LogP contribution is 2.44. The molecular formula is C28H31NO3S. The van der Waals surface area contributed by atoms with Crippen LogP contribution in [-0.2, 0) is 22.9 Å². The van der Waals surface area contributed by atoms with E-state index in [1.165, 1.54) is 5.56 Å². The van der Waals surface area contributed by atoms with Crippen molar-refractivity contribution in [2.24, 2.45) is 11.3 Å². The molecule has 1 aliphatic rings. The molecule has 0 spiro atoms. The summed E-state index contributed by atoms with van der Waals surface area (Å²) in [6.07, 6.45) is 2.98. The van der Waals surface area contributed by atoms with Gasteiger partial charge in [0, 0.05) is 28.1 Å². The zero-order chi connectivity index (χ0) is 23.5. The van der Waals surface area contributed by atoms with E-state index in [1.807, 2.05) is 56.3 Å². The zero-order valence-electron chi connectivity index (χ0n) is 20.0. The van der Waals surface area contributed by atoms with Crippen molar-refractivity contribution in [1.29, 1.82) is 0 Å². The predicted molar refractivity (Wildman–Crippen MR) is 135 cm³/mol.